The van der Waals surface area contributed by atoms with E-state index in [1.807, 2.05) is 0 Å². The number of carbonyl (C=O) groups excluding carboxylic acids is 1. The Morgan fingerprint density at radius 1 is 1.05 bits per heavy atom. The van der Waals surface area contributed by atoms with Gasteiger partial charge in [-0.1, -0.05) is 6.07 Å². The van der Waals surface area contributed by atoms with Crippen molar-refractivity contribution in [3.05, 3.63) is 65.2 Å². The summed E-state index contributed by atoms with van der Waals surface area (Å²) in [5.74, 6) is -7.04. The molecule has 0 radical (unpaired) electrons. The Morgan fingerprint density at radius 3 is 2.34 bits per heavy atom. The molecule has 0 aliphatic rings. The number of nitrogen functional groups attached to an aromatic ring is 1. The van der Waals surface area contributed by atoms with Gasteiger partial charge in [-0.3, -0.25) is 14.6 Å². The number of hydrogen-bond donors (Lipinski definition) is 2. The molecule has 2 aromatic carbocycles. The summed E-state index contributed by atoms with van der Waals surface area (Å²) in [7, 11) is 4.36. The molecule has 0 saturated heterocycles. The van der Waals surface area contributed by atoms with Gasteiger partial charge in [-0.2, -0.15) is 13.8 Å². The van der Waals surface area contributed by atoms with Crippen LogP contribution < -0.4 is 24.7 Å². The quantitative estimate of drug-likeness (QED) is 0.202. The Morgan fingerprint density at radius 2 is 1.74 bits per heavy atom. The molecule has 1 atom stereocenters. The van der Waals surface area contributed by atoms with Gasteiger partial charge in [-0.15, -0.1) is 0 Å². The number of amides is 1. The van der Waals surface area contributed by atoms with Crippen molar-refractivity contribution in [1.29, 1.82) is 5.41 Å². The van der Waals surface area contributed by atoms with Gasteiger partial charge in [0.2, 0.25) is 23.7 Å². The molecule has 0 spiro atoms. The van der Waals surface area contributed by atoms with Gasteiger partial charge in [0.25, 0.3) is 17.7 Å². The van der Waals surface area contributed by atoms with Crippen molar-refractivity contribution in [3.63, 3.8) is 0 Å². The Bertz CT molecular complexity index is 1340. The number of amidine groups is 1. The number of ether oxygens (including phenoxy) is 4. The zero-order valence-corrected chi connectivity index (χ0v) is 20.6. The van der Waals surface area contributed by atoms with E-state index >= 15 is 8.78 Å². The fourth-order valence-corrected chi connectivity index (χ4v) is 3.08. The van der Waals surface area contributed by atoms with Gasteiger partial charge >= 0.3 is 0 Å². The molecule has 3 rings (SSSR count). The minimum atomic E-state index is -2.40. The van der Waals surface area contributed by atoms with Crippen LogP contribution in [0.5, 0.6) is 34.8 Å². The number of halogens is 4. The number of pyridine rings is 1. The first kappa shape index (κ1) is 28.0. The summed E-state index contributed by atoms with van der Waals surface area (Å²) < 4.78 is 77.9. The largest absolute Gasteiger partial charge is 0.493 e. The maximum absolute atomic E-state index is 15.3. The summed E-state index contributed by atoms with van der Waals surface area (Å²) in [5.41, 5.74) is 5.88. The van der Waals surface area contributed by atoms with Gasteiger partial charge in [-0.05, 0) is 36.4 Å². The first-order valence-corrected chi connectivity index (χ1v) is 11.0. The molecule has 3 aromatic rings. The molecule has 3 N–H and O–H groups in total. The van der Waals surface area contributed by atoms with Crippen molar-refractivity contribution >= 4 is 11.7 Å². The highest BCUT2D eigenvalue weighted by Crippen LogP contribution is 2.40. The van der Waals surface area contributed by atoms with E-state index in [0.717, 1.165) is 0 Å². The predicted molar refractivity (Wildman–Crippen MR) is 129 cm³/mol. The Balaban J connectivity index is 2.10. The molecule has 1 unspecified atom stereocenters. The second kappa shape index (κ2) is 12.1. The molecule has 13 heteroatoms. The first-order chi connectivity index (χ1) is 18.0. The number of benzene rings is 2. The molecular formula is C25H24F4N4O5. The lowest BCUT2D eigenvalue weighted by atomic mass is 10.2. The Kier molecular flexibility index (Phi) is 8.94. The van der Waals surface area contributed by atoms with Crippen LogP contribution >= 0.6 is 0 Å². The number of methoxy groups -OCH3 is 1. The van der Waals surface area contributed by atoms with Crippen molar-refractivity contribution < 1.29 is 41.3 Å². The summed E-state index contributed by atoms with van der Waals surface area (Å²) in [6.07, 6.45) is -3.19. The lowest BCUT2D eigenvalue weighted by Gasteiger charge is -2.17. The number of carbonyl (C=O) groups is 1. The normalized spacial score (nSPS) is 11.4. The SMILES string of the molecule is COc1ccc(C(=N)N)cc1Oc1nc(Oc2cccc(C(=O)N(C)C)c2)c(F)c(OC(F)CCF)c1F. The molecule has 1 aromatic heterocycles. The van der Waals surface area contributed by atoms with Crippen molar-refractivity contribution in [2.24, 2.45) is 5.73 Å². The van der Waals surface area contributed by atoms with Crippen LogP contribution in [0.3, 0.4) is 0 Å². The second-order valence-corrected chi connectivity index (χ2v) is 7.90. The van der Waals surface area contributed by atoms with Crippen LogP contribution in [-0.2, 0) is 0 Å². The van der Waals surface area contributed by atoms with Gasteiger partial charge < -0.3 is 29.6 Å². The lowest BCUT2D eigenvalue weighted by Crippen LogP contribution is -2.21. The summed E-state index contributed by atoms with van der Waals surface area (Å²) in [6.45, 7) is -1.15. The van der Waals surface area contributed by atoms with Crippen LogP contribution in [0.2, 0.25) is 0 Å². The van der Waals surface area contributed by atoms with Crippen LogP contribution in [0.4, 0.5) is 17.6 Å². The number of alkyl halides is 2. The second-order valence-electron chi connectivity index (χ2n) is 7.90. The smallest absolute Gasteiger partial charge is 0.263 e. The Labute approximate surface area is 215 Å². The van der Waals surface area contributed by atoms with Crippen LogP contribution in [0.25, 0.3) is 0 Å². The van der Waals surface area contributed by atoms with Crippen LogP contribution in [0.15, 0.2) is 42.5 Å². The number of nitrogens with one attached hydrogen (secondary N) is 1. The molecule has 1 amide bonds. The molecule has 1 heterocycles. The van der Waals surface area contributed by atoms with Gasteiger partial charge in [0.1, 0.15) is 11.6 Å². The summed E-state index contributed by atoms with van der Waals surface area (Å²) in [5, 5.41) is 7.60. The molecule has 0 saturated carbocycles. The fourth-order valence-electron chi connectivity index (χ4n) is 3.08. The highest BCUT2D eigenvalue weighted by molar-refractivity contribution is 5.95. The van der Waals surface area contributed by atoms with E-state index < -0.39 is 48.6 Å². The van der Waals surface area contributed by atoms with E-state index in [1.54, 1.807) is 0 Å². The van der Waals surface area contributed by atoms with Crippen molar-refractivity contribution in [1.82, 2.24) is 9.88 Å². The maximum atomic E-state index is 15.3. The summed E-state index contributed by atoms with van der Waals surface area (Å²) >= 11 is 0. The third-order valence-electron chi connectivity index (χ3n) is 4.94. The highest BCUT2D eigenvalue weighted by atomic mass is 19.2. The van der Waals surface area contributed by atoms with Crippen LogP contribution in [0, 0.1) is 17.0 Å². The van der Waals surface area contributed by atoms with E-state index in [2.05, 4.69) is 9.72 Å². The van der Waals surface area contributed by atoms with Gasteiger partial charge in [0, 0.05) is 31.6 Å². The first-order valence-electron chi connectivity index (χ1n) is 11.0. The van der Waals surface area contributed by atoms with Crippen molar-refractivity contribution in [2.45, 2.75) is 12.8 Å². The minimum Gasteiger partial charge on any atom is -0.493 e. The predicted octanol–water partition coefficient (Wildman–Crippen LogP) is 4.97. The van der Waals surface area contributed by atoms with Crippen LogP contribution in [-0.4, -0.2) is 55.9 Å². The molecule has 0 aliphatic heterocycles. The topological polar surface area (TPSA) is 120 Å². The molecule has 202 valence electrons. The van der Waals surface area contributed by atoms with Gasteiger partial charge in [-0.25, -0.2) is 4.39 Å². The highest BCUT2D eigenvalue weighted by Gasteiger charge is 2.28. The van der Waals surface area contributed by atoms with Crippen LogP contribution in [0.1, 0.15) is 22.3 Å². The zero-order chi connectivity index (χ0) is 28.0. The van der Waals surface area contributed by atoms with E-state index in [-0.39, 0.29) is 40.1 Å². The minimum absolute atomic E-state index is 0.0654. The van der Waals surface area contributed by atoms with E-state index in [9.17, 15) is 13.6 Å². The average molecular weight is 536 g/mol. The van der Waals surface area contributed by atoms with E-state index in [4.69, 9.17) is 25.4 Å². The standard InChI is InChI=1S/C25H24F4N4O5/c1-33(2)25(34)14-5-4-6-15(11-14)36-23-19(28)21(38-18(27)9-10-26)20(29)24(32-23)37-17-12-13(22(30)31)7-8-16(17)35-3/h4-8,11-12,18H,9-10H2,1-3H3,(H3,30,31). The van der Waals surface area contributed by atoms with Gasteiger partial charge in [0.15, 0.2) is 11.5 Å². The number of hydrogen-bond acceptors (Lipinski definition) is 7. The number of rotatable bonds is 11. The molecule has 9 nitrogen and oxygen atoms in total. The van der Waals surface area contributed by atoms with E-state index in [1.165, 1.54) is 68.6 Å². The third-order valence-corrected chi connectivity index (χ3v) is 4.94. The number of nitrogens with two attached hydrogens (primary N) is 1. The lowest BCUT2D eigenvalue weighted by molar-refractivity contribution is 0.0442. The number of nitrogens with zero attached hydrogens (tertiary/aromatic N) is 2. The summed E-state index contributed by atoms with van der Waals surface area (Å²) in [4.78, 5) is 17.3. The molecule has 38 heavy (non-hydrogen) atoms. The van der Waals surface area contributed by atoms with E-state index in [0.29, 0.717) is 0 Å². The van der Waals surface area contributed by atoms with Crippen molar-refractivity contribution in [3.8, 4) is 34.8 Å². The third kappa shape index (κ3) is 6.41. The summed E-state index contributed by atoms with van der Waals surface area (Å²) in [6, 6.07) is 9.67. The molecule has 0 fully saturated rings. The average Bonchev–Trinajstić information content (AvgIpc) is 2.89. The molecule has 0 bridgehead atoms. The maximum Gasteiger partial charge on any atom is 0.263 e. The van der Waals surface area contributed by atoms with Crippen molar-refractivity contribution in [2.75, 3.05) is 27.9 Å². The molecular weight excluding hydrogens is 512 g/mol. The monoisotopic (exact) mass is 536 g/mol. The Hall–Kier alpha value is -4.55. The number of aromatic nitrogens is 1. The van der Waals surface area contributed by atoms with Gasteiger partial charge in [0.05, 0.1) is 13.8 Å². The zero-order valence-electron chi connectivity index (χ0n) is 20.6. The molecule has 0 aliphatic carbocycles. The fraction of sp³-hybridized carbons (Fsp3) is 0.240.